The first-order chi connectivity index (χ1) is 8.78. The van der Waals surface area contributed by atoms with Crippen molar-refractivity contribution in [3.8, 4) is 0 Å². The SMILES string of the molecule is CCC1(C)NC(=O)CN(CC2CCCS2(=O)=O)C1=O. The molecule has 0 bridgehead atoms. The topological polar surface area (TPSA) is 83.6 Å². The number of nitrogens with one attached hydrogen (secondary N) is 1. The minimum Gasteiger partial charge on any atom is -0.340 e. The van der Waals surface area contributed by atoms with Crippen molar-refractivity contribution in [1.29, 1.82) is 0 Å². The highest BCUT2D eigenvalue weighted by atomic mass is 32.2. The van der Waals surface area contributed by atoms with Gasteiger partial charge in [0.2, 0.25) is 11.8 Å². The number of carbonyl (C=O) groups excluding carboxylic acids is 2. The summed E-state index contributed by atoms with van der Waals surface area (Å²) < 4.78 is 23.6. The minimum atomic E-state index is -3.10. The van der Waals surface area contributed by atoms with Crippen molar-refractivity contribution in [2.45, 2.75) is 43.9 Å². The molecule has 2 saturated heterocycles. The van der Waals surface area contributed by atoms with Gasteiger partial charge in [-0.1, -0.05) is 6.92 Å². The molecule has 0 aromatic carbocycles. The second-order valence-electron chi connectivity index (χ2n) is 5.55. The zero-order chi connectivity index (χ0) is 14.3. The van der Waals surface area contributed by atoms with Crippen LogP contribution in [0.15, 0.2) is 0 Å². The van der Waals surface area contributed by atoms with E-state index in [0.717, 1.165) is 0 Å². The molecule has 2 atom stereocenters. The number of hydrogen-bond acceptors (Lipinski definition) is 4. The van der Waals surface area contributed by atoms with Crippen LogP contribution in [0.4, 0.5) is 0 Å². The molecule has 2 aliphatic heterocycles. The van der Waals surface area contributed by atoms with Crippen molar-refractivity contribution in [3.05, 3.63) is 0 Å². The average Bonchev–Trinajstić information content (AvgIpc) is 2.65. The maximum atomic E-state index is 12.3. The second kappa shape index (κ2) is 4.77. The Morgan fingerprint density at radius 2 is 2.11 bits per heavy atom. The van der Waals surface area contributed by atoms with Gasteiger partial charge in [0.05, 0.1) is 17.5 Å². The van der Waals surface area contributed by atoms with E-state index in [4.69, 9.17) is 0 Å². The number of hydrogen-bond donors (Lipinski definition) is 1. The summed E-state index contributed by atoms with van der Waals surface area (Å²) >= 11 is 0. The van der Waals surface area contributed by atoms with Crippen LogP contribution in [-0.2, 0) is 19.4 Å². The zero-order valence-corrected chi connectivity index (χ0v) is 12.1. The molecular formula is C12H20N2O4S. The first-order valence-electron chi connectivity index (χ1n) is 6.60. The standard InChI is InChI=1S/C12H20N2O4S/c1-3-12(2)11(16)14(8-10(15)13-12)7-9-5-4-6-19(9,17)18/h9H,3-8H2,1-2H3,(H,13,15). The molecule has 2 amide bonds. The molecule has 7 heteroatoms. The predicted octanol–water partition coefficient (Wildman–Crippen LogP) is -0.309. The summed E-state index contributed by atoms with van der Waals surface area (Å²) in [6.07, 6.45) is 1.72. The molecule has 0 spiro atoms. The van der Waals surface area contributed by atoms with Gasteiger partial charge in [-0.05, 0) is 26.2 Å². The van der Waals surface area contributed by atoms with Crippen LogP contribution in [0.3, 0.4) is 0 Å². The van der Waals surface area contributed by atoms with Crippen LogP contribution in [0.5, 0.6) is 0 Å². The molecular weight excluding hydrogens is 268 g/mol. The van der Waals surface area contributed by atoms with Gasteiger partial charge in [-0.25, -0.2) is 8.42 Å². The van der Waals surface area contributed by atoms with E-state index >= 15 is 0 Å². The summed E-state index contributed by atoms with van der Waals surface area (Å²) in [6.45, 7) is 3.61. The summed E-state index contributed by atoms with van der Waals surface area (Å²) in [5.74, 6) is -0.215. The Morgan fingerprint density at radius 3 is 2.63 bits per heavy atom. The molecule has 2 aliphatic rings. The van der Waals surface area contributed by atoms with Crippen molar-refractivity contribution in [3.63, 3.8) is 0 Å². The fourth-order valence-corrected chi connectivity index (χ4v) is 4.53. The molecule has 2 rings (SSSR count). The van der Waals surface area contributed by atoms with E-state index in [0.29, 0.717) is 19.3 Å². The monoisotopic (exact) mass is 288 g/mol. The van der Waals surface area contributed by atoms with Gasteiger partial charge in [-0.3, -0.25) is 9.59 Å². The number of piperazine rings is 1. The molecule has 0 saturated carbocycles. The van der Waals surface area contributed by atoms with Crippen LogP contribution in [-0.4, -0.2) is 54.8 Å². The number of carbonyl (C=O) groups is 2. The van der Waals surface area contributed by atoms with Crippen LogP contribution in [0.2, 0.25) is 0 Å². The lowest BCUT2D eigenvalue weighted by Crippen LogP contribution is -2.65. The molecule has 0 aromatic heterocycles. The van der Waals surface area contributed by atoms with E-state index in [-0.39, 0.29) is 30.7 Å². The van der Waals surface area contributed by atoms with E-state index in [2.05, 4.69) is 5.32 Å². The van der Waals surface area contributed by atoms with Crippen molar-refractivity contribution < 1.29 is 18.0 Å². The van der Waals surface area contributed by atoms with Crippen LogP contribution >= 0.6 is 0 Å². The van der Waals surface area contributed by atoms with Crippen molar-refractivity contribution in [2.75, 3.05) is 18.8 Å². The Balaban J connectivity index is 2.16. The van der Waals surface area contributed by atoms with Gasteiger partial charge in [-0.2, -0.15) is 0 Å². The zero-order valence-electron chi connectivity index (χ0n) is 11.3. The van der Waals surface area contributed by atoms with E-state index in [1.165, 1.54) is 4.90 Å². The van der Waals surface area contributed by atoms with E-state index in [9.17, 15) is 18.0 Å². The van der Waals surface area contributed by atoms with Gasteiger partial charge in [0.15, 0.2) is 9.84 Å². The lowest BCUT2D eigenvalue weighted by atomic mass is 9.94. The summed E-state index contributed by atoms with van der Waals surface area (Å²) in [5, 5.41) is 2.18. The Hall–Kier alpha value is -1.11. The number of amides is 2. The summed E-state index contributed by atoms with van der Waals surface area (Å²) in [7, 11) is -3.10. The number of rotatable bonds is 3. The number of sulfone groups is 1. The van der Waals surface area contributed by atoms with Gasteiger partial charge in [0.25, 0.3) is 0 Å². The molecule has 2 fully saturated rings. The van der Waals surface area contributed by atoms with Crippen LogP contribution in [0.1, 0.15) is 33.1 Å². The van der Waals surface area contributed by atoms with Crippen molar-refractivity contribution >= 4 is 21.7 Å². The highest BCUT2D eigenvalue weighted by molar-refractivity contribution is 7.92. The predicted molar refractivity (Wildman–Crippen MR) is 70.2 cm³/mol. The van der Waals surface area contributed by atoms with E-state index in [1.807, 2.05) is 6.92 Å². The molecule has 1 N–H and O–H groups in total. The van der Waals surface area contributed by atoms with Crippen molar-refractivity contribution in [2.24, 2.45) is 0 Å². The largest absolute Gasteiger partial charge is 0.340 e. The molecule has 0 radical (unpaired) electrons. The van der Waals surface area contributed by atoms with Crippen LogP contribution < -0.4 is 5.32 Å². The Kier molecular flexibility index (Phi) is 3.59. The smallest absolute Gasteiger partial charge is 0.248 e. The van der Waals surface area contributed by atoms with Gasteiger partial charge in [-0.15, -0.1) is 0 Å². The van der Waals surface area contributed by atoms with Gasteiger partial charge < -0.3 is 10.2 Å². The Labute approximate surface area is 113 Å². The molecule has 19 heavy (non-hydrogen) atoms. The van der Waals surface area contributed by atoms with Gasteiger partial charge in [0, 0.05) is 6.54 Å². The lowest BCUT2D eigenvalue weighted by molar-refractivity contribution is -0.149. The van der Waals surface area contributed by atoms with Crippen LogP contribution in [0, 0.1) is 0 Å². The Bertz CT molecular complexity index is 502. The molecule has 108 valence electrons. The summed E-state index contributed by atoms with van der Waals surface area (Å²) in [5.41, 5.74) is -0.905. The highest BCUT2D eigenvalue weighted by Gasteiger charge is 2.43. The normalized spacial score (nSPS) is 34.4. The maximum Gasteiger partial charge on any atom is 0.248 e. The fourth-order valence-electron chi connectivity index (χ4n) is 2.69. The van der Waals surface area contributed by atoms with E-state index < -0.39 is 20.6 Å². The number of nitrogens with zero attached hydrogens (tertiary/aromatic N) is 1. The van der Waals surface area contributed by atoms with E-state index in [1.54, 1.807) is 6.92 Å². The highest BCUT2D eigenvalue weighted by Crippen LogP contribution is 2.24. The maximum absolute atomic E-state index is 12.3. The third-order valence-corrected chi connectivity index (χ3v) is 6.36. The lowest BCUT2D eigenvalue weighted by Gasteiger charge is -2.40. The molecule has 6 nitrogen and oxygen atoms in total. The molecule has 2 unspecified atom stereocenters. The van der Waals surface area contributed by atoms with Gasteiger partial charge >= 0.3 is 0 Å². The first kappa shape index (κ1) is 14.3. The molecule has 2 heterocycles. The third-order valence-electron chi connectivity index (χ3n) is 4.10. The van der Waals surface area contributed by atoms with Crippen LogP contribution in [0.25, 0.3) is 0 Å². The van der Waals surface area contributed by atoms with Gasteiger partial charge in [0.1, 0.15) is 5.54 Å². The first-order valence-corrected chi connectivity index (χ1v) is 8.32. The molecule has 0 aromatic rings. The Morgan fingerprint density at radius 1 is 1.42 bits per heavy atom. The quantitative estimate of drug-likeness (QED) is 0.772. The fraction of sp³-hybridized carbons (Fsp3) is 0.833. The molecule has 0 aliphatic carbocycles. The summed E-state index contributed by atoms with van der Waals surface area (Å²) in [4.78, 5) is 25.4. The minimum absolute atomic E-state index is 0.0412. The van der Waals surface area contributed by atoms with Crippen molar-refractivity contribution in [1.82, 2.24) is 10.2 Å². The second-order valence-corrected chi connectivity index (χ2v) is 7.95. The summed E-state index contributed by atoms with van der Waals surface area (Å²) in [6, 6.07) is 0. The average molecular weight is 288 g/mol. The third kappa shape index (κ3) is 2.61.